The summed E-state index contributed by atoms with van der Waals surface area (Å²) in [5, 5.41) is 2.37. The van der Waals surface area contributed by atoms with Gasteiger partial charge in [0, 0.05) is 23.2 Å². The van der Waals surface area contributed by atoms with Gasteiger partial charge in [-0.05, 0) is 17.7 Å². The third-order valence-corrected chi connectivity index (χ3v) is 4.19. The quantitative estimate of drug-likeness (QED) is 0.685. The lowest BCUT2D eigenvalue weighted by molar-refractivity contribution is -0.137. The molecule has 3 aromatic rings. The Kier molecular flexibility index (Phi) is 5.51. The summed E-state index contributed by atoms with van der Waals surface area (Å²) in [4.78, 5) is 30.9. The first-order valence-electron chi connectivity index (χ1n) is 8.04. The Morgan fingerprint density at radius 2 is 1.82 bits per heavy atom. The van der Waals surface area contributed by atoms with Crippen LogP contribution in [0.3, 0.4) is 0 Å². The Bertz CT molecular complexity index is 1070. The van der Waals surface area contributed by atoms with Crippen molar-refractivity contribution in [2.75, 3.05) is 0 Å². The zero-order valence-electron chi connectivity index (χ0n) is 14.2. The first kappa shape index (κ1) is 19.6. The first-order chi connectivity index (χ1) is 13.2. The van der Waals surface area contributed by atoms with Gasteiger partial charge >= 0.3 is 6.18 Å². The number of rotatable bonds is 4. The van der Waals surface area contributed by atoms with Crippen molar-refractivity contribution < 1.29 is 18.0 Å². The monoisotopic (exact) mass is 407 g/mol. The molecule has 2 N–H and O–H groups in total. The number of nitrogens with one attached hydrogen (secondary N) is 2. The second-order valence-corrected chi connectivity index (χ2v) is 6.24. The van der Waals surface area contributed by atoms with Crippen LogP contribution < -0.4 is 10.9 Å². The molecule has 144 valence electrons. The first-order valence-corrected chi connectivity index (χ1v) is 8.42. The van der Waals surface area contributed by atoms with Gasteiger partial charge in [-0.3, -0.25) is 9.59 Å². The van der Waals surface area contributed by atoms with Gasteiger partial charge in [-0.25, -0.2) is 4.98 Å². The van der Waals surface area contributed by atoms with Crippen LogP contribution >= 0.6 is 11.6 Å². The van der Waals surface area contributed by atoms with E-state index < -0.39 is 23.2 Å². The number of hydrogen-bond acceptors (Lipinski definition) is 3. The van der Waals surface area contributed by atoms with Crippen molar-refractivity contribution in [1.29, 1.82) is 0 Å². The summed E-state index contributed by atoms with van der Waals surface area (Å²) in [6.45, 7) is -0.120. The Balaban J connectivity index is 1.77. The summed E-state index contributed by atoms with van der Waals surface area (Å²) < 4.78 is 38.0. The molecule has 0 atom stereocenters. The largest absolute Gasteiger partial charge is 0.416 e. The number of benzene rings is 2. The van der Waals surface area contributed by atoms with E-state index in [1.54, 1.807) is 30.3 Å². The summed E-state index contributed by atoms with van der Waals surface area (Å²) in [5.41, 5.74) is -0.579. The summed E-state index contributed by atoms with van der Waals surface area (Å²) in [6.07, 6.45) is -4.51. The molecule has 2 aromatic carbocycles. The summed E-state index contributed by atoms with van der Waals surface area (Å²) in [5.74, 6) is -0.426. The highest BCUT2D eigenvalue weighted by Crippen LogP contribution is 2.32. The summed E-state index contributed by atoms with van der Waals surface area (Å²) in [6, 6.07) is 12.7. The van der Waals surface area contributed by atoms with E-state index in [4.69, 9.17) is 11.6 Å². The van der Waals surface area contributed by atoms with Crippen LogP contribution in [0.25, 0.3) is 11.4 Å². The van der Waals surface area contributed by atoms with Gasteiger partial charge in [-0.1, -0.05) is 48.0 Å². The van der Waals surface area contributed by atoms with Crippen molar-refractivity contribution in [2.45, 2.75) is 12.7 Å². The number of carbonyl (C=O) groups is 1. The molecular formula is C19H13ClF3N3O2. The zero-order valence-corrected chi connectivity index (χ0v) is 14.9. The molecule has 0 bridgehead atoms. The Morgan fingerprint density at radius 1 is 1.11 bits per heavy atom. The fraction of sp³-hybridized carbons (Fsp3) is 0.105. The van der Waals surface area contributed by atoms with Crippen LogP contribution in [-0.4, -0.2) is 15.9 Å². The Hall–Kier alpha value is -3.13. The number of hydrogen-bond donors (Lipinski definition) is 2. The maximum Gasteiger partial charge on any atom is 0.416 e. The SMILES string of the molecule is O=C(NCc1ccc(C(F)(F)F)cc1Cl)c1cc(=O)[nH]c(-c2ccccc2)n1. The standard InChI is InChI=1S/C19H13ClF3N3O2/c20-14-8-13(19(21,22)23)7-6-12(14)10-24-18(28)15-9-16(27)26-17(25-15)11-4-2-1-3-5-11/h1-9H,10H2,(H,24,28)(H,25,26,27). The minimum Gasteiger partial charge on any atom is -0.347 e. The lowest BCUT2D eigenvalue weighted by Gasteiger charge is -2.11. The highest BCUT2D eigenvalue weighted by molar-refractivity contribution is 6.31. The molecule has 0 aliphatic rings. The normalized spacial score (nSPS) is 11.3. The Morgan fingerprint density at radius 3 is 2.46 bits per heavy atom. The van der Waals surface area contributed by atoms with Crippen molar-refractivity contribution in [3.05, 3.63) is 86.8 Å². The van der Waals surface area contributed by atoms with E-state index in [-0.39, 0.29) is 23.1 Å². The highest BCUT2D eigenvalue weighted by Gasteiger charge is 2.30. The minimum atomic E-state index is -4.51. The molecule has 0 saturated carbocycles. The van der Waals surface area contributed by atoms with Crippen molar-refractivity contribution in [3.63, 3.8) is 0 Å². The van der Waals surface area contributed by atoms with Crippen molar-refractivity contribution >= 4 is 17.5 Å². The molecule has 1 aromatic heterocycles. The smallest absolute Gasteiger partial charge is 0.347 e. The van der Waals surface area contributed by atoms with Gasteiger partial charge in [-0.15, -0.1) is 0 Å². The van der Waals surface area contributed by atoms with Gasteiger partial charge in [0.1, 0.15) is 11.5 Å². The van der Waals surface area contributed by atoms with Crippen molar-refractivity contribution in [3.8, 4) is 11.4 Å². The second kappa shape index (κ2) is 7.85. The minimum absolute atomic E-state index is 0.120. The van der Waals surface area contributed by atoms with E-state index in [1.807, 2.05) is 0 Å². The van der Waals surface area contributed by atoms with E-state index in [0.717, 1.165) is 18.2 Å². The Labute approximate surface area is 162 Å². The molecular weight excluding hydrogens is 395 g/mol. The molecule has 1 amide bonds. The lowest BCUT2D eigenvalue weighted by atomic mass is 10.1. The molecule has 5 nitrogen and oxygen atoms in total. The average molecular weight is 408 g/mol. The topological polar surface area (TPSA) is 74.8 Å². The number of H-pyrrole nitrogens is 1. The maximum absolute atomic E-state index is 12.7. The number of amides is 1. The molecule has 3 rings (SSSR count). The van der Waals surface area contributed by atoms with E-state index >= 15 is 0 Å². The zero-order chi connectivity index (χ0) is 20.3. The van der Waals surface area contributed by atoms with Crippen molar-refractivity contribution in [1.82, 2.24) is 15.3 Å². The van der Waals surface area contributed by atoms with Crippen LogP contribution in [0.5, 0.6) is 0 Å². The number of nitrogens with zero attached hydrogens (tertiary/aromatic N) is 1. The molecule has 0 fully saturated rings. The van der Waals surface area contributed by atoms with E-state index in [1.165, 1.54) is 6.07 Å². The fourth-order valence-electron chi connectivity index (χ4n) is 2.44. The molecule has 0 radical (unpaired) electrons. The number of halogens is 4. The number of alkyl halides is 3. The third-order valence-electron chi connectivity index (χ3n) is 3.84. The molecule has 0 spiro atoms. The molecule has 0 unspecified atom stereocenters. The van der Waals surface area contributed by atoms with Gasteiger partial charge in [-0.2, -0.15) is 13.2 Å². The second-order valence-electron chi connectivity index (χ2n) is 5.83. The van der Waals surface area contributed by atoms with E-state index in [0.29, 0.717) is 11.1 Å². The van der Waals surface area contributed by atoms with E-state index in [9.17, 15) is 22.8 Å². The molecule has 28 heavy (non-hydrogen) atoms. The molecule has 0 aliphatic heterocycles. The molecule has 1 heterocycles. The van der Waals surface area contributed by atoms with Crippen LogP contribution in [0.15, 0.2) is 59.4 Å². The predicted octanol–water partition coefficient (Wildman–Crippen LogP) is 4.04. The summed E-state index contributed by atoms with van der Waals surface area (Å²) in [7, 11) is 0. The van der Waals surface area contributed by atoms with Crippen LogP contribution in [0, 0.1) is 0 Å². The van der Waals surface area contributed by atoms with Gasteiger partial charge in [0.25, 0.3) is 11.5 Å². The maximum atomic E-state index is 12.7. The van der Waals surface area contributed by atoms with E-state index in [2.05, 4.69) is 15.3 Å². The number of carbonyl (C=O) groups excluding carboxylic acids is 1. The number of aromatic amines is 1. The number of aromatic nitrogens is 2. The van der Waals surface area contributed by atoms with Gasteiger partial charge in [0.15, 0.2) is 0 Å². The summed E-state index contributed by atoms with van der Waals surface area (Å²) >= 11 is 5.87. The lowest BCUT2D eigenvalue weighted by Crippen LogP contribution is -2.26. The molecule has 0 aliphatic carbocycles. The molecule has 0 saturated heterocycles. The van der Waals surface area contributed by atoms with Gasteiger partial charge in [0.05, 0.1) is 5.56 Å². The highest BCUT2D eigenvalue weighted by atomic mass is 35.5. The molecule has 9 heteroatoms. The van der Waals surface area contributed by atoms with Crippen LogP contribution in [0.4, 0.5) is 13.2 Å². The van der Waals surface area contributed by atoms with Gasteiger partial charge < -0.3 is 10.3 Å². The van der Waals surface area contributed by atoms with Crippen molar-refractivity contribution in [2.24, 2.45) is 0 Å². The van der Waals surface area contributed by atoms with Crippen LogP contribution in [0.1, 0.15) is 21.6 Å². The fourth-order valence-corrected chi connectivity index (χ4v) is 2.69. The van der Waals surface area contributed by atoms with Crippen LogP contribution in [0.2, 0.25) is 5.02 Å². The predicted molar refractivity (Wildman–Crippen MR) is 97.9 cm³/mol. The van der Waals surface area contributed by atoms with Crippen LogP contribution in [-0.2, 0) is 12.7 Å². The third kappa shape index (κ3) is 4.58. The van der Waals surface area contributed by atoms with Gasteiger partial charge in [0.2, 0.25) is 0 Å². The average Bonchev–Trinajstić information content (AvgIpc) is 2.66.